The van der Waals surface area contributed by atoms with E-state index >= 15 is 0 Å². The molecule has 4 aliphatic rings. The molecule has 1 aromatic carbocycles. The van der Waals surface area contributed by atoms with Crippen molar-refractivity contribution >= 4 is 50.1 Å². The Hall–Kier alpha value is -4.68. The number of urea groups is 1. The highest BCUT2D eigenvalue weighted by atomic mass is 32.2. The van der Waals surface area contributed by atoms with Gasteiger partial charge in [-0.15, -0.1) is 17.8 Å². The van der Waals surface area contributed by atoms with Crippen LogP contribution in [0, 0.1) is 25.2 Å². The van der Waals surface area contributed by atoms with Crippen LogP contribution in [0.2, 0.25) is 0 Å². The average molecular weight is 761 g/mol. The molecule has 0 spiro atoms. The molecule has 0 bridgehead atoms. The van der Waals surface area contributed by atoms with Gasteiger partial charge in [0.25, 0.3) is 5.91 Å². The van der Waals surface area contributed by atoms with Gasteiger partial charge in [0.2, 0.25) is 15.9 Å². The molecule has 15 heteroatoms. The minimum Gasteiger partial charge on any atom is -0.496 e. The molecule has 2 aliphatic carbocycles. The van der Waals surface area contributed by atoms with Crippen molar-refractivity contribution in [3.63, 3.8) is 0 Å². The minimum atomic E-state index is -3.95. The number of piperidine rings is 1. The van der Waals surface area contributed by atoms with Crippen molar-refractivity contribution in [2.45, 2.75) is 87.6 Å². The molecule has 13 nitrogen and oxygen atoms in total. The maximum absolute atomic E-state index is 14.4. The van der Waals surface area contributed by atoms with Gasteiger partial charge in [0, 0.05) is 61.3 Å². The number of ether oxygens (including phenoxy) is 2. The molecule has 2 N–H and O–H groups in total. The lowest BCUT2D eigenvalue weighted by molar-refractivity contribution is -0.133. The smallest absolute Gasteiger partial charge is 0.320 e. The first kappa shape index (κ1) is 36.7. The summed E-state index contributed by atoms with van der Waals surface area (Å²) in [6.45, 7) is 4.27. The van der Waals surface area contributed by atoms with E-state index < -0.39 is 44.3 Å². The molecule has 2 aliphatic heterocycles. The maximum atomic E-state index is 14.4. The van der Waals surface area contributed by atoms with Crippen LogP contribution < -0.4 is 19.5 Å². The van der Waals surface area contributed by atoms with E-state index in [4.69, 9.17) is 20.9 Å². The fraction of sp³-hybridized carbons (Fsp3) is 0.500. The van der Waals surface area contributed by atoms with Gasteiger partial charge in [0.15, 0.2) is 0 Å². The van der Waals surface area contributed by atoms with Crippen molar-refractivity contribution in [2.24, 2.45) is 5.92 Å². The zero-order valence-electron chi connectivity index (χ0n) is 30.3. The second-order valence-corrected chi connectivity index (χ2v) is 17.8. The Kier molecular flexibility index (Phi) is 9.65. The summed E-state index contributed by atoms with van der Waals surface area (Å²) in [7, 11) is -0.629. The van der Waals surface area contributed by atoms with Crippen molar-refractivity contribution in [3.05, 3.63) is 47.0 Å². The number of fused-ring (bicyclic) bond motifs is 3. The number of carbonyl (C=O) groups is 3. The highest BCUT2D eigenvalue weighted by Gasteiger charge is 2.63. The topological polar surface area (TPSA) is 160 Å². The summed E-state index contributed by atoms with van der Waals surface area (Å²) < 4.78 is 39.8. The average Bonchev–Trinajstić information content (AvgIpc) is 4.01. The third-order valence-electron chi connectivity index (χ3n) is 11.0. The highest BCUT2D eigenvalue weighted by molar-refractivity contribution is 7.91. The highest BCUT2D eigenvalue weighted by Crippen LogP contribution is 2.47. The van der Waals surface area contributed by atoms with Crippen LogP contribution in [0.15, 0.2) is 35.7 Å². The lowest BCUT2D eigenvalue weighted by atomic mass is 9.97. The van der Waals surface area contributed by atoms with Gasteiger partial charge in [-0.3, -0.25) is 14.3 Å². The lowest BCUT2D eigenvalue weighted by Gasteiger charge is -2.40. The molecule has 2 aromatic heterocycles. The third kappa shape index (κ3) is 6.94. The van der Waals surface area contributed by atoms with Gasteiger partial charge in [-0.2, -0.15) is 0 Å². The molecule has 1 saturated heterocycles. The maximum Gasteiger partial charge on any atom is 0.320 e. The SMILES string of the molecule is C#Cc1csc(-c2cc(O[C@H]3CCN4C(=O)N(C)CCCC/C=C\[C@@H]5C[C@@]5(C(=O)NS(=O)(=O)C5(C)CC5)NC(=O)[C@@H]4C3)c3ccc(OC)c(C)c3n2)n1. The molecular weight excluding hydrogens is 717 g/mol. The molecule has 280 valence electrons. The number of nitrogens with zero attached hydrogens (tertiary/aromatic N) is 4. The number of carbonyl (C=O) groups excluding carboxylic acids is 3. The molecule has 0 radical (unpaired) electrons. The Morgan fingerprint density at radius 1 is 1.17 bits per heavy atom. The summed E-state index contributed by atoms with van der Waals surface area (Å²) in [5, 5.41) is 6.08. The number of thiazole rings is 1. The fourth-order valence-electron chi connectivity index (χ4n) is 7.21. The van der Waals surface area contributed by atoms with E-state index in [1.54, 1.807) is 36.3 Å². The fourth-order valence-corrected chi connectivity index (χ4v) is 9.25. The lowest BCUT2D eigenvalue weighted by Crippen LogP contribution is -2.61. The molecular formula is C38H44N6O7S2. The van der Waals surface area contributed by atoms with Gasteiger partial charge < -0.3 is 24.6 Å². The number of terminal acetylenes is 1. The van der Waals surface area contributed by atoms with Crippen molar-refractivity contribution in [2.75, 3.05) is 27.2 Å². The monoisotopic (exact) mass is 760 g/mol. The molecule has 7 rings (SSSR count). The molecule has 4 atom stereocenters. The van der Waals surface area contributed by atoms with Gasteiger partial charge in [0.05, 0.1) is 17.4 Å². The first-order valence-electron chi connectivity index (χ1n) is 17.9. The van der Waals surface area contributed by atoms with Crippen molar-refractivity contribution in [3.8, 4) is 34.5 Å². The summed E-state index contributed by atoms with van der Waals surface area (Å²) in [4.78, 5) is 54.7. The largest absolute Gasteiger partial charge is 0.496 e. The van der Waals surface area contributed by atoms with E-state index in [9.17, 15) is 22.8 Å². The Morgan fingerprint density at radius 3 is 2.68 bits per heavy atom. The first-order valence-corrected chi connectivity index (χ1v) is 20.3. The van der Waals surface area contributed by atoms with Crippen molar-refractivity contribution in [1.82, 2.24) is 29.8 Å². The van der Waals surface area contributed by atoms with Gasteiger partial charge in [-0.1, -0.05) is 12.2 Å². The number of hydrogen-bond acceptors (Lipinski definition) is 10. The molecule has 0 unspecified atom stereocenters. The Morgan fingerprint density at radius 2 is 1.96 bits per heavy atom. The predicted molar refractivity (Wildman–Crippen MR) is 201 cm³/mol. The van der Waals surface area contributed by atoms with Crippen LogP contribution in [0.1, 0.15) is 69.5 Å². The zero-order chi connectivity index (χ0) is 37.7. The zero-order valence-corrected chi connectivity index (χ0v) is 31.9. The summed E-state index contributed by atoms with van der Waals surface area (Å²) in [6.07, 6.45) is 13.0. The van der Waals surface area contributed by atoms with Gasteiger partial charge >= 0.3 is 6.03 Å². The number of amides is 4. The van der Waals surface area contributed by atoms with E-state index in [-0.39, 0.29) is 31.3 Å². The normalized spacial score (nSPS) is 26.3. The summed E-state index contributed by atoms with van der Waals surface area (Å²) in [5.74, 6) is 2.07. The molecule has 4 heterocycles. The van der Waals surface area contributed by atoms with Crippen LogP contribution >= 0.6 is 11.3 Å². The van der Waals surface area contributed by atoms with E-state index in [1.807, 2.05) is 37.3 Å². The number of nitrogens with one attached hydrogen (secondary N) is 2. The molecule has 3 aromatic rings. The number of pyridine rings is 1. The van der Waals surface area contributed by atoms with E-state index in [2.05, 4.69) is 20.9 Å². The predicted octanol–water partition coefficient (Wildman–Crippen LogP) is 4.53. The van der Waals surface area contributed by atoms with Crippen LogP contribution in [-0.4, -0.2) is 95.7 Å². The van der Waals surface area contributed by atoms with Crippen molar-refractivity contribution < 1.29 is 32.3 Å². The Labute approximate surface area is 313 Å². The van der Waals surface area contributed by atoms with E-state index in [1.165, 1.54) is 11.3 Å². The third-order valence-corrected chi connectivity index (χ3v) is 14.1. The van der Waals surface area contributed by atoms with Crippen LogP contribution in [0.4, 0.5) is 4.79 Å². The number of benzene rings is 1. The molecule has 2 saturated carbocycles. The number of allylic oxidation sites excluding steroid dienone is 1. The van der Waals surface area contributed by atoms with Crippen LogP contribution in [0.3, 0.4) is 0 Å². The number of sulfonamides is 1. The standard InChI is InChI=1S/C38H44N6O7S2/c1-6-25-22-52-34(39-25)28-20-31(27-12-13-30(50-5)23(2)32(27)40-28)51-26-14-18-44-29(19-26)33(45)41-38(35(46)42-53(48,49)37(3)15-16-37)21-24(38)11-9-7-8-10-17-43(4)36(44)47/h1,9,11-13,20,22,24,26,29H,7-8,10,14-19,21H2,2-5H3,(H,41,45)(H,42,46)/b11-9-/t24-,26+,29+,38-/m1/s1. The number of hydrogen-bond donors (Lipinski definition) is 2. The second kappa shape index (κ2) is 13.9. The Balaban J connectivity index is 1.21. The summed E-state index contributed by atoms with van der Waals surface area (Å²) in [5.41, 5.74) is 1.08. The number of methoxy groups -OCH3 is 1. The molecule has 4 amide bonds. The summed E-state index contributed by atoms with van der Waals surface area (Å²) >= 11 is 1.37. The molecule has 53 heavy (non-hydrogen) atoms. The van der Waals surface area contributed by atoms with Crippen molar-refractivity contribution in [1.29, 1.82) is 0 Å². The van der Waals surface area contributed by atoms with Crippen LogP contribution in [-0.2, 0) is 19.6 Å². The van der Waals surface area contributed by atoms with Crippen LogP contribution in [0.25, 0.3) is 21.6 Å². The van der Waals surface area contributed by atoms with Crippen LogP contribution in [0.5, 0.6) is 11.5 Å². The van der Waals surface area contributed by atoms with E-state index in [0.717, 1.165) is 30.2 Å². The quantitative estimate of drug-likeness (QED) is 0.261. The van der Waals surface area contributed by atoms with Gasteiger partial charge in [-0.25, -0.2) is 23.2 Å². The Bertz CT molecular complexity index is 2160. The number of aromatic nitrogens is 2. The number of aryl methyl sites for hydroxylation is 1. The van der Waals surface area contributed by atoms with Gasteiger partial charge in [0.1, 0.15) is 45.6 Å². The number of rotatable bonds is 7. The molecule has 3 fully saturated rings. The summed E-state index contributed by atoms with van der Waals surface area (Å²) in [6, 6.07) is 4.25. The second-order valence-electron chi connectivity index (χ2n) is 14.7. The van der Waals surface area contributed by atoms with Gasteiger partial charge in [-0.05, 0) is 70.4 Å². The van der Waals surface area contributed by atoms with E-state index in [0.29, 0.717) is 59.2 Å². The first-order chi connectivity index (χ1) is 25.3. The minimum absolute atomic E-state index is 0.132.